The first-order chi connectivity index (χ1) is 36.8. The van der Waals surface area contributed by atoms with E-state index in [9.17, 15) is 33.6 Å². The van der Waals surface area contributed by atoms with Gasteiger partial charge in [-0.3, -0.25) is 53.4 Å². The number of carbonyl (C=O) groups is 7. The number of nitrogens with zero attached hydrogens (tertiary/aromatic N) is 10. The average Bonchev–Trinajstić information content (AvgIpc) is 4.13. The summed E-state index contributed by atoms with van der Waals surface area (Å²) in [6, 6.07) is 9.38. The largest absolute Gasteiger partial charge is 0.381 e. The van der Waals surface area contributed by atoms with Gasteiger partial charge >= 0.3 is 0 Å². The Bertz CT molecular complexity index is 3220. The van der Waals surface area contributed by atoms with E-state index >= 15 is 8.78 Å². The smallest absolute Gasteiger partial charge is 0.264 e. The molecule has 19 nitrogen and oxygen atoms in total. The maximum absolute atomic E-state index is 15.5. The van der Waals surface area contributed by atoms with E-state index in [1.807, 2.05) is 20.8 Å². The molecule has 2 aromatic carbocycles. The monoisotopic (exact) mass is 1040 g/mol. The SMILES string of the molecule is CC(=O)N1CCc2c(c(N3CCCc4cc(-c5cn(CC(=O)N6CCC(C(=O)N7CCN(c8cccc9c8C(=O)N(C8CCC(=O)NC8=O)C9=O)CC7)CC6)c6ccncc56)c(C(F)F)cc43)nn2C2CCOCC2)C1. The Labute approximate surface area is 436 Å². The molecule has 0 aliphatic carbocycles. The Balaban J connectivity index is 0.722. The molecular weight excluding hydrogens is 981 g/mol. The summed E-state index contributed by atoms with van der Waals surface area (Å²) in [6.07, 6.45) is 7.02. The standard InChI is InChI=1S/C55H59F2N11O8/c1-32(69)64-19-12-43-41(30-64)51(60-68(43)35-13-24-76-25-14-35)66-16-3-4-34-26-37(38(50(56)57)27-46(34)66)40-29-65(42-9-15-58-28-39(40)42)31-48(71)62-17-10-33(11-18-62)53(73)63-22-20-61(21-23-63)44-6-2-5-36-49(44)55(75)67(54(36)74)45-7-8-47(70)59-52(45)72/h2,5-6,9,15,26-29,33,35,45,50H,3-4,7-8,10-14,16-25,30-31H2,1H3,(H,59,70,72). The number of likely N-dealkylation sites (tertiary alicyclic amines) is 1. The number of carbonyl (C=O) groups excluding carboxylic acids is 7. The van der Waals surface area contributed by atoms with E-state index in [1.54, 1.807) is 65.3 Å². The Morgan fingerprint density at radius 3 is 2.34 bits per heavy atom. The molecule has 0 spiro atoms. The molecule has 7 aliphatic heterocycles. The van der Waals surface area contributed by atoms with Gasteiger partial charge in [0.05, 0.1) is 34.9 Å². The van der Waals surface area contributed by atoms with Gasteiger partial charge in [0.25, 0.3) is 18.2 Å². The van der Waals surface area contributed by atoms with Crippen LogP contribution in [0.3, 0.4) is 0 Å². The number of fused-ring (bicyclic) bond motifs is 4. The van der Waals surface area contributed by atoms with E-state index in [4.69, 9.17) is 9.84 Å². The maximum Gasteiger partial charge on any atom is 0.264 e. The second kappa shape index (κ2) is 19.9. The summed E-state index contributed by atoms with van der Waals surface area (Å²) < 4.78 is 40.7. The number of aromatic nitrogens is 4. The van der Waals surface area contributed by atoms with E-state index in [-0.39, 0.29) is 65.8 Å². The summed E-state index contributed by atoms with van der Waals surface area (Å²) in [5, 5.41) is 8.11. The third-order valence-electron chi connectivity index (χ3n) is 16.8. The van der Waals surface area contributed by atoms with Gasteiger partial charge in [-0.15, -0.1) is 0 Å². The van der Waals surface area contributed by atoms with E-state index in [0.29, 0.717) is 137 Å². The molecule has 0 radical (unpaired) electrons. The number of amides is 7. The lowest BCUT2D eigenvalue weighted by Gasteiger charge is -2.39. The number of hydrogen-bond donors (Lipinski definition) is 1. The number of piperidine rings is 2. The van der Waals surface area contributed by atoms with Crippen LogP contribution in [0, 0.1) is 5.92 Å². The van der Waals surface area contributed by atoms with Gasteiger partial charge in [-0.25, -0.2) is 8.78 Å². The van der Waals surface area contributed by atoms with Crippen molar-refractivity contribution in [3.05, 3.63) is 88.5 Å². The Kier molecular flexibility index (Phi) is 12.9. The van der Waals surface area contributed by atoms with Gasteiger partial charge < -0.3 is 33.8 Å². The minimum absolute atomic E-state index is 0.000476. The van der Waals surface area contributed by atoms with Crippen molar-refractivity contribution in [2.45, 2.75) is 96.3 Å². The molecule has 4 saturated heterocycles. The first-order valence-corrected chi connectivity index (χ1v) is 26.6. The van der Waals surface area contributed by atoms with Crippen LogP contribution in [0.25, 0.3) is 22.0 Å². The minimum atomic E-state index is -2.82. The number of aryl methyl sites for hydroxylation is 1. The highest BCUT2D eigenvalue weighted by Crippen LogP contribution is 2.45. The molecule has 7 amide bonds. The van der Waals surface area contributed by atoms with E-state index in [0.717, 1.165) is 41.0 Å². The van der Waals surface area contributed by atoms with Crippen LogP contribution >= 0.6 is 0 Å². The highest BCUT2D eigenvalue weighted by Gasteiger charge is 2.47. The predicted octanol–water partition coefficient (Wildman–Crippen LogP) is 5.17. The van der Waals surface area contributed by atoms with Crippen LogP contribution in [0.5, 0.6) is 0 Å². The van der Waals surface area contributed by atoms with Crippen LogP contribution in [0.1, 0.15) is 107 Å². The zero-order chi connectivity index (χ0) is 52.5. The molecular formula is C55H59F2N11O8. The van der Waals surface area contributed by atoms with Crippen molar-refractivity contribution < 1.29 is 47.1 Å². The molecule has 0 saturated carbocycles. The van der Waals surface area contributed by atoms with Gasteiger partial charge in [0.2, 0.25) is 29.5 Å². The molecule has 1 unspecified atom stereocenters. The number of alkyl halides is 2. The third kappa shape index (κ3) is 8.65. The average molecular weight is 1040 g/mol. The Morgan fingerprint density at radius 1 is 0.803 bits per heavy atom. The fourth-order valence-corrected chi connectivity index (χ4v) is 12.7. The number of halogens is 2. The lowest BCUT2D eigenvalue weighted by molar-refractivity contribution is -0.141. The summed E-state index contributed by atoms with van der Waals surface area (Å²) in [5.41, 5.74) is 6.10. The van der Waals surface area contributed by atoms with Crippen LogP contribution in [0.15, 0.2) is 55.0 Å². The van der Waals surface area contributed by atoms with Gasteiger partial charge in [-0.2, -0.15) is 5.10 Å². The van der Waals surface area contributed by atoms with Crippen molar-refractivity contribution in [3.63, 3.8) is 0 Å². The summed E-state index contributed by atoms with van der Waals surface area (Å²) >= 11 is 0. The summed E-state index contributed by atoms with van der Waals surface area (Å²) in [5.74, 6) is -2.02. The highest BCUT2D eigenvalue weighted by atomic mass is 19.3. The molecule has 1 N–H and O–H groups in total. The minimum Gasteiger partial charge on any atom is -0.381 e. The zero-order valence-electron chi connectivity index (χ0n) is 42.3. The highest BCUT2D eigenvalue weighted by molar-refractivity contribution is 6.25. The number of pyridine rings is 1. The lowest BCUT2D eigenvalue weighted by atomic mass is 9.91. The summed E-state index contributed by atoms with van der Waals surface area (Å²) in [4.78, 5) is 107. The van der Waals surface area contributed by atoms with E-state index in [2.05, 4.69) is 19.9 Å². The number of anilines is 3. The van der Waals surface area contributed by atoms with Crippen LogP contribution in [-0.4, -0.2) is 152 Å². The Morgan fingerprint density at radius 2 is 1.59 bits per heavy atom. The van der Waals surface area contributed by atoms with Gasteiger partial charge in [-0.1, -0.05) is 6.07 Å². The van der Waals surface area contributed by atoms with Crippen molar-refractivity contribution in [2.75, 3.05) is 75.4 Å². The van der Waals surface area contributed by atoms with Gasteiger partial charge in [0.1, 0.15) is 12.6 Å². The normalized spacial score (nSPS) is 20.7. The van der Waals surface area contributed by atoms with E-state index in [1.165, 1.54) is 0 Å². The van der Waals surface area contributed by atoms with Crippen molar-refractivity contribution in [1.29, 1.82) is 0 Å². The fraction of sp³-hybridized carbons (Fsp3) is 0.473. The molecule has 5 aromatic rings. The molecule has 0 bridgehead atoms. The van der Waals surface area contributed by atoms with Crippen LogP contribution in [0.2, 0.25) is 0 Å². The van der Waals surface area contributed by atoms with Crippen molar-refractivity contribution >= 4 is 69.4 Å². The Hall–Kier alpha value is -7.55. The first-order valence-electron chi connectivity index (χ1n) is 26.6. The second-order valence-electron chi connectivity index (χ2n) is 21.0. The van der Waals surface area contributed by atoms with Crippen LogP contribution < -0.4 is 15.1 Å². The summed E-state index contributed by atoms with van der Waals surface area (Å²) in [7, 11) is 0. The molecule has 10 heterocycles. The lowest BCUT2D eigenvalue weighted by Crippen LogP contribution is -2.54. The fourth-order valence-electron chi connectivity index (χ4n) is 12.7. The van der Waals surface area contributed by atoms with Crippen molar-refractivity contribution in [2.24, 2.45) is 5.92 Å². The zero-order valence-corrected chi connectivity index (χ0v) is 42.3. The molecule has 3 aromatic heterocycles. The second-order valence-corrected chi connectivity index (χ2v) is 21.0. The predicted molar refractivity (Wildman–Crippen MR) is 273 cm³/mol. The van der Waals surface area contributed by atoms with Crippen LogP contribution in [-0.2, 0) is 54.6 Å². The molecule has 396 valence electrons. The summed E-state index contributed by atoms with van der Waals surface area (Å²) in [6.45, 7) is 6.75. The van der Waals surface area contributed by atoms with E-state index < -0.39 is 36.1 Å². The molecule has 4 fully saturated rings. The number of piperazine rings is 1. The number of hydrogen-bond acceptors (Lipinski definition) is 12. The van der Waals surface area contributed by atoms with Crippen molar-refractivity contribution in [1.82, 2.24) is 44.2 Å². The van der Waals surface area contributed by atoms with Gasteiger partial charge in [-0.05, 0) is 86.4 Å². The number of imide groups is 2. The number of rotatable bonds is 9. The molecule has 7 aliphatic rings. The maximum atomic E-state index is 15.5. The van der Waals surface area contributed by atoms with Gasteiger partial charge in [0, 0.05) is 143 Å². The van der Waals surface area contributed by atoms with Crippen LogP contribution in [0.4, 0.5) is 26.0 Å². The molecule has 12 rings (SSSR count). The van der Waals surface area contributed by atoms with Gasteiger partial charge in [0.15, 0.2) is 5.82 Å². The topological polar surface area (TPSA) is 196 Å². The quantitative estimate of drug-likeness (QED) is 0.191. The number of benzene rings is 2. The molecule has 1 atom stereocenters. The number of nitrogens with one attached hydrogen (secondary N) is 1. The molecule has 76 heavy (non-hydrogen) atoms. The molecule has 21 heteroatoms. The number of ether oxygens (including phenoxy) is 1. The van der Waals surface area contributed by atoms with Crippen molar-refractivity contribution in [3.8, 4) is 11.1 Å². The first kappa shape index (κ1) is 49.3. The third-order valence-corrected chi connectivity index (χ3v) is 16.8.